The Labute approximate surface area is 127 Å². The highest BCUT2D eigenvalue weighted by molar-refractivity contribution is 5.95. The minimum Gasteiger partial charge on any atom is -0.477 e. The predicted molar refractivity (Wildman–Crippen MR) is 84.1 cm³/mol. The maximum atomic E-state index is 11.0. The zero-order chi connectivity index (χ0) is 15.1. The molecule has 0 unspecified atom stereocenters. The Balaban J connectivity index is 1.78. The lowest BCUT2D eigenvalue weighted by atomic mass is 9.96. The molecular weight excluding hydrogens is 278 g/mol. The number of rotatable bonds is 2. The van der Waals surface area contributed by atoms with Gasteiger partial charge in [0.2, 0.25) is 0 Å². The molecule has 0 saturated carbocycles. The lowest BCUT2D eigenvalue weighted by Crippen LogP contribution is -2.09. The summed E-state index contributed by atoms with van der Waals surface area (Å²) in [6.45, 7) is 1.46. The summed E-state index contributed by atoms with van der Waals surface area (Å²) in [5.74, 6) is -0.938. The van der Waals surface area contributed by atoms with E-state index in [-0.39, 0.29) is 5.69 Å². The Bertz CT molecular complexity index is 879. The number of hydrogen-bond donors (Lipinski definition) is 2. The second-order valence-electron chi connectivity index (χ2n) is 5.58. The predicted octanol–water partition coefficient (Wildman–Crippen LogP) is 3.61. The molecule has 0 atom stereocenters. The number of carboxylic acids is 1. The van der Waals surface area contributed by atoms with E-state index in [1.165, 1.54) is 11.1 Å². The van der Waals surface area contributed by atoms with Gasteiger partial charge < -0.3 is 14.8 Å². The largest absolute Gasteiger partial charge is 0.477 e. The number of aromatic carboxylic acids is 1. The van der Waals surface area contributed by atoms with Gasteiger partial charge in [-0.15, -0.1) is 0 Å². The Morgan fingerprint density at radius 3 is 2.73 bits per heavy atom. The first-order valence-electron chi connectivity index (χ1n) is 7.27. The minimum absolute atomic E-state index is 0.217. The number of carbonyl (C=O) groups is 1. The third-order valence-corrected chi connectivity index (χ3v) is 4.17. The number of fused-ring (bicyclic) bond motifs is 2. The monoisotopic (exact) mass is 293 g/mol. The van der Waals surface area contributed by atoms with Crippen LogP contribution in [-0.2, 0) is 17.8 Å². The highest BCUT2D eigenvalue weighted by Gasteiger charge is 2.12. The molecule has 0 radical (unpaired) electrons. The molecule has 1 aromatic heterocycles. The summed E-state index contributed by atoms with van der Waals surface area (Å²) in [5, 5.41) is 9.97. The summed E-state index contributed by atoms with van der Waals surface area (Å²) < 4.78 is 5.46. The molecule has 4 heteroatoms. The fraction of sp³-hybridized carbons (Fsp3) is 0.167. The fourth-order valence-electron chi connectivity index (χ4n) is 2.97. The quantitative estimate of drug-likeness (QED) is 0.758. The van der Waals surface area contributed by atoms with E-state index >= 15 is 0 Å². The van der Waals surface area contributed by atoms with Crippen LogP contribution in [0.15, 0.2) is 42.5 Å². The van der Waals surface area contributed by atoms with Crippen molar-refractivity contribution in [1.29, 1.82) is 0 Å². The number of carboxylic acid groups (broad SMARTS) is 1. The van der Waals surface area contributed by atoms with Crippen molar-refractivity contribution in [1.82, 2.24) is 4.98 Å². The van der Waals surface area contributed by atoms with E-state index in [4.69, 9.17) is 9.84 Å². The SMILES string of the molecule is O=C(O)c1cc2ccc(-c3ccc4c(c3)CCOC4)cc2[nH]1. The summed E-state index contributed by atoms with van der Waals surface area (Å²) in [4.78, 5) is 14.0. The van der Waals surface area contributed by atoms with Crippen molar-refractivity contribution >= 4 is 16.9 Å². The number of hydrogen-bond acceptors (Lipinski definition) is 2. The van der Waals surface area contributed by atoms with Crippen LogP contribution in [0, 0.1) is 0 Å². The molecule has 2 aromatic carbocycles. The van der Waals surface area contributed by atoms with Gasteiger partial charge in [0.25, 0.3) is 0 Å². The molecule has 0 spiro atoms. The smallest absolute Gasteiger partial charge is 0.352 e. The molecule has 0 amide bonds. The number of benzene rings is 2. The van der Waals surface area contributed by atoms with E-state index in [1.807, 2.05) is 18.2 Å². The van der Waals surface area contributed by atoms with Crippen LogP contribution in [0.4, 0.5) is 0 Å². The molecular formula is C18H15NO3. The molecule has 2 heterocycles. The minimum atomic E-state index is -0.938. The van der Waals surface area contributed by atoms with E-state index < -0.39 is 5.97 Å². The van der Waals surface area contributed by atoms with Crippen LogP contribution in [0.1, 0.15) is 21.6 Å². The van der Waals surface area contributed by atoms with Gasteiger partial charge in [0.15, 0.2) is 0 Å². The molecule has 3 aromatic rings. The standard InChI is InChI=1S/C18H15NO3/c20-18(21)17-9-14-3-1-12(8-16(14)19-17)11-2-4-15-10-22-6-5-13(15)7-11/h1-4,7-9,19H,5-6,10H2,(H,20,21). The first kappa shape index (κ1) is 13.1. The second kappa shape index (κ2) is 5.00. The van der Waals surface area contributed by atoms with E-state index in [0.717, 1.165) is 35.1 Å². The molecule has 4 rings (SSSR count). The summed E-state index contributed by atoms with van der Waals surface area (Å²) in [6.07, 6.45) is 0.942. The van der Waals surface area contributed by atoms with E-state index in [9.17, 15) is 4.79 Å². The molecule has 1 aliphatic rings. The van der Waals surface area contributed by atoms with Gasteiger partial charge in [-0.2, -0.15) is 0 Å². The second-order valence-corrected chi connectivity index (χ2v) is 5.58. The van der Waals surface area contributed by atoms with E-state index in [1.54, 1.807) is 6.07 Å². The van der Waals surface area contributed by atoms with Crippen LogP contribution in [0.3, 0.4) is 0 Å². The molecule has 2 N–H and O–H groups in total. The van der Waals surface area contributed by atoms with Crippen molar-refractivity contribution in [3.05, 3.63) is 59.3 Å². The van der Waals surface area contributed by atoms with Crippen molar-refractivity contribution in [3.63, 3.8) is 0 Å². The Morgan fingerprint density at radius 1 is 1.05 bits per heavy atom. The lowest BCUT2D eigenvalue weighted by Gasteiger charge is -2.17. The summed E-state index contributed by atoms with van der Waals surface area (Å²) in [5.41, 5.74) is 5.88. The fourth-order valence-corrected chi connectivity index (χ4v) is 2.97. The Hall–Kier alpha value is -2.59. The normalized spacial score (nSPS) is 14.0. The molecule has 110 valence electrons. The highest BCUT2D eigenvalue weighted by Crippen LogP contribution is 2.28. The average Bonchev–Trinajstić information content (AvgIpc) is 2.98. The van der Waals surface area contributed by atoms with Gasteiger partial charge in [0.05, 0.1) is 13.2 Å². The summed E-state index contributed by atoms with van der Waals surface area (Å²) in [6, 6.07) is 14.1. The van der Waals surface area contributed by atoms with Gasteiger partial charge >= 0.3 is 5.97 Å². The number of ether oxygens (including phenoxy) is 1. The van der Waals surface area contributed by atoms with E-state index in [0.29, 0.717) is 6.61 Å². The lowest BCUT2D eigenvalue weighted by molar-refractivity contribution is 0.0691. The van der Waals surface area contributed by atoms with Crippen LogP contribution in [0.25, 0.3) is 22.0 Å². The summed E-state index contributed by atoms with van der Waals surface area (Å²) in [7, 11) is 0. The van der Waals surface area contributed by atoms with Crippen LogP contribution in [0.2, 0.25) is 0 Å². The first-order chi connectivity index (χ1) is 10.7. The van der Waals surface area contributed by atoms with Crippen molar-refractivity contribution < 1.29 is 14.6 Å². The van der Waals surface area contributed by atoms with Gasteiger partial charge in [-0.25, -0.2) is 4.79 Å². The molecule has 1 aliphatic heterocycles. The van der Waals surface area contributed by atoms with Crippen LogP contribution in [-0.4, -0.2) is 22.7 Å². The van der Waals surface area contributed by atoms with Crippen molar-refractivity contribution in [3.8, 4) is 11.1 Å². The maximum absolute atomic E-state index is 11.0. The molecule has 0 saturated heterocycles. The third kappa shape index (κ3) is 2.18. The molecule has 4 nitrogen and oxygen atoms in total. The van der Waals surface area contributed by atoms with Gasteiger partial charge in [-0.05, 0) is 40.8 Å². The third-order valence-electron chi connectivity index (χ3n) is 4.17. The van der Waals surface area contributed by atoms with Crippen molar-refractivity contribution in [2.45, 2.75) is 13.0 Å². The zero-order valence-electron chi connectivity index (χ0n) is 11.9. The zero-order valence-corrected chi connectivity index (χ0v) is 11.9. The van der Waals surface area contributed by atoms with Crippen molar-refractivity contribution in [2.24, 2.45) is 0 Å². The van der Waals surface area contributed by atoms with Gasteiger partial charge in [0.1, 0.15) is 5.69 Å². The highest BCUT2D eigenvalue weighted by atomic mass is 16.5. The topological polar surface area (TPSA) is 62.3 Å². The van der Waals surface area contributed by atoms with Gasteiger partial charge in [-0.1, -0.05) is 30.3 Å². The Kier molecular flexibility index (Phi) is 2.98. The van der Waals surface area contributed by atoms with E-state index in [2.05, 4.69) is 23.2 Å². The van der Waals surface area contributed by atoms with Gasteiger partial charge in [-0.3, -0.25) is 0 Å². The number of aromatic nitrogens is 1. The number of nitrogens with one attached hydrogen (secondary N) is 1. The summed E-state index contributed by atoms with van der Waals surface area (Å²) >= 11 is 0. The molecule has 0 bridgehead atoms. The number of aromatic amines is 1. The van der Waals surface area contributed by atoms with Gasteiger partial charge in [0, 0.05) is 10.9 Å². The van der Waals surface area contributed by atoms with Crippen LogP contribution in [0.5, 0.6) is 0 Å². The Morgan fingerprint density at radius 2 is 1.86 bits per heavy atom. The maximum Gasteiger partial charge on any atom is 0.352 e. The molecule has 0 aliphatic carbocycles. The number of H-pyrrole nitrogens is 1. The van der Waals surface area contributed by atoms with Crippen LogP contribution >= 0.6 is 0 Å². The first-order valence-corrected chi connectivity index (χ1v) is 7.27. The van der Waals surface area contributed by atoms with Crippen molar-refractivity contribution in [2.75, 3.05) is 6.61 Å². The molecule has 22 heavy (non-hydrogen) atoms. The molecule has 0 fully saturated rings. The van der Waals surface area contributed by atoms with Crippen LogP contribution < -0.4 is 0 Å². The average molecular weight is 293 g/mol.